The average Bonchev–Trinajstić information content (AvgIpc) is 2.98. The molecule has 0 fully saturated rings. The van der Waals surface area contributed by atoms with Gasteiger partial charge in [0, 0.05) is 0 Å². The second-order valence-corrected chi connectivity index (χ2v) is 4.96. The molecule has 24 heavy (non-hydrogen) atoms. The van der Waals surface area contributed by atoms with Crippen LogP contribution in [0.1, 0.15) is 19.0 Å². The number of aromatic nitrogens is 3. The lowest BCUT2D eigenvalue weighted by Gasteiger charge is -2.17. The molecule has 8 nitrogen and oxygen atoms in total. The average molecular weight is 336 g/mol. The first-order chi connectivity index (χ1) is 11.5. The summed E-state index contributed by atoms with van der Waals surface area (Å²) in [5.41, 5.74) is 0.408. The number of amides is 1. The van der Waals surface area contributed by atoms with Gasteiger partial charge in [0.05, 0.1) is 12.7 Å². The van der Waals surface area contributed by atoms with Crippen molar-refractivity contribution >= 4 is 11.9 Å². The second-order valence-electron chi connectivity index (χ2n) is 4.96. The van der Waals surface area contributed by atoms with E-state index in [1.165, 1.54) is 24.4 Å². The Bertz CT molecular complexity index is 719. The van der Waals surface area contributed by atoms with Gasteiger partial charge in [0.1, 0.15) is 12.2 Å². The summed E-state index contributed by atoms with van der Waals surface area (Å²) in [6.45, 7) is 1.50. The highest BCUT2D eigenvalue weighted by Gasteiger charge is 2.20. The minimum atomic E-state index is -1.04. The van der Waals surface area contributed by atoms with Gasteiger partial charge in [-0.25, -0.2) is 9.07 Å². The van der Waals surface area contributed by atoms with Crippen LogP contribution in [0.4, 0.5) is 4.39 Å². The van der Waals surface area contributed by atoms with Gasteiger partial charge in [0.15, 0.2) is 17.7 Å². The lowest BCUT2D eigenvalue weighted by molar-refractivity contribution is -0.138. The first kappa shape index (κ1) is 17.4. The fourth-order valence-corrected chi connectivity index (χ4v) is 1.94. The highest BCUT2D eigenvalue weighted by Crippen LogP contribution is 2.18. The standard InChI is InChI=1S/C15H17FN4O4/c1-2-12(24-13-6-4-3-5-11(13)16)15(23)17-7-10-8-20(19-18-10)9-14(21)22/h3-6,8,12H,2,7,9H2,1H3,(H,17,23)(H,21,22). The molecule has 2 rings (SSSR count). The molecule has 9 heteroatoms. The van der Waals surface area contributed by atoms with E-state index >= 15 is 0 Å². The maximum atomic E-state index is 13.6. The van der Waals surface area contributed by atoms with E-state index in [-0.39, 0.29) is 18.8 Å². The van der Waals surface area contributed by atoms with E-state index in [0.29, 0.717) is 12.1 Å². The van der Waals surface area contributed by atoms with E-state index in [0.717, 1.165) is 4.68 Å². The third-order valence-corrected chi connectivity index (χ3v) is 3.10. The van der Waals surface area contributed by atoms with Gasteiger partial charge in [0.25, 0.3) is 5.91 Å². The molecule has 0 saturated heterocycles. The molecule has 1 aromatic carbocycles. The number of benzene rings is 1. The zero-order chi connectivity index (χ0) is 17.5. The molecule has 0 aliphatic carbocycles. The molecule has 1 amide bonds. The first-order valence-corrected chi connectivity index (χ1v) is 7.29. The summed E-state index contributed by atoms with van der Waals surface area (Å²) in [5.74, 6) is -2.00. The first-order valence-electron chi connectivity index (χ1n) is 7.29. The van der Waals surface area contributed by atoms with E-state index < -0.39 is 23.8 Å². The van der Waals surface area contributed by atoms with Gasteiger partial charge in [0.2, 0.25) is 0 Å². The molecule has 0 radical (unpaired) electrons. The molecule has 0 spiro atoms. The third kappa shape index (κ3) is 4.77. The number of nitrogens with one attached hydrogen (secondary N) is 1. The molecule has 1 heterocycles. The Morgan fingerprint density at radius 1 is 1.42 bits per heavy atom. The van der Waals surface area contributed by atoms with Crippen molar-refractivity contribution in [2.45, 2.75) is 32.5 Å². The van der Waals surface area contributed by atoms with Crippen molar-refractivity contribution in [3.05, 3.63) is 42.0 Å². The number of nitrogens with zero attached hydrogens (tertiary/aromatic N) is 3. The van der Waals surface area contributed by atoms with E-state index in [1.807, 2.05) is 0 Å². The summed E-state index contributed by atoms with van der Waals surface area (Å²) in [4.78, 5) is 22.7. The minimum Gasteiger partial charge on any atom is -0.480 e. The number of carboxylic acids is 1. The predicted octanol–water partition coefficient (Wildman–Crippen LogP) is 0.976. The summed E-state index contributed by atoms with van der Waals surface area (Å²) >= 11 is 0. The Morgan fingerprint density at radius 2 is 2.17 bits per heavy atom. The number of hydrogen-bond donors (Lipinski definition) is 2. The van der Waals surface area contributed by atoms with Gasteiger partial charge in [-0.3, -0.25) is 9.59 Å². The Kier molecular flexibility index (Phi) is 5.83. The van der Waals surface area contributed by atoms with Gasteiger partial charge in [-0.1, -0.05) is 24.3 Å². The van der Waals surface area contributed by atoms with Gasteiger partial charge in [-0.15, -0.1) is 5.10 Å². The van der Waals surface area contributed by atoms with E-state index in [4.69, 9.17) is 9.84 Å². The molecule has 1 aromatic heterocycles. The van der Waals surface area contributed by atoms with Crippen LogP contribution >= 0.6 is 0 Å². The quantitative estimate of drug-likeness (QED) is 0.744. The van der Waals surface area contributed by atoms with Gasteiger partial charge in [-0.05, 0) is 18.6 Å². The van der Waals surface area contributed by atoms with Crippen molar-refractivity contribution < 1.29 is 23.8 Å². The fourth-order valence-electron chi connectivity index (χ4n) is 1.94. The topological polar surface area (TPSA) is 106 Å². The molecular formula is C15H17FN4O4. The number of aliphatic carboxylic acids is 1. The number of carbonyl (C=O) groups excluding carboxylic acids is 1. The highest BCUT2D eigenvalue weighted by atomic mass is 19.1. The van der Waals surface area contributed by atoms with Gasteiger partial charge in [-0.2, -0.15) is 0 Å². The largest absolute Gasteiger partial charge is 0.480 e. The number of carbonyl (C=O) groups is 2. The van der Waals surface area contributed by atoms with E-state index in [9.17, 15) is 14.0 Å². The third-order valence-electron chi connectivity index (χ3n) is 3.10. The SMILES string of the molecule is CCC(Oc1ccccc1F)C(=O)NCc1cn(CC(=O)O)nn1. The van der Waals surface area contributed by atoms with Gasteiger partial charge < -0.3 is 15.2 Å². The smallest absolute Gasteiger partial charge is 0.325 e. The Morgan fingerprint density at radius 3 is 2.83 bits per heavy atom. The zero-order valence-corrected chi connectivity index (χ0v) is 13.0. The molecule has 2 N–H and O–H groups in total. The molecule has 2 aromatic rings. The Hall–Kier alpha value is -2.97. The predicted molar refractivity (Wildman–Crippen MR) is 80.6 cm³/mol. The number of halogens is 1. The molecule has 0 aliphatic rings. The van der Waals surface area contributed by atoms with Crippen LogP contribution in [0, 0.1) is 5.82 Å². The summed E-state index contributed by atoms with van der Waals surface area (Å²) in [7, 11) is 0. The van der Waals surface area contributed by atoms with Crippen LogP contribution in [0.5, 0.6) is 5.75 Å². The van der Waals surface area contributed by atoms with Crippen LogP contribution in [-0.4, -0.2) is 38.1 Å². The second kappa shape index (κ2) is 8.04. The lowest BCUT2D eigenvalue weighted by atomic mass is 10.2. The molecule has 0 aliphatic heterocycles. The van der Waals surface area contributed by atoms with E-state index in [1.54, 1.807) is 13.0 Å². The van der Waals surface area contributed by atoms with Crippen LogP contribution < -0.4 is 10.1 Å². The molecule has 0 bridgehead atoms. The number of rotatable bonds is 8. The van der Waals surface area contributed by atoms with Crippen molar-refractivity contribution in [3.63, 3.8) is 0 Å². The van der Waals surface area contributed by atoms with Crippen LogP contribution in [0.15, 0.2) is 30.5 Å². The maximum Gasteiger partial charge on any atom is 0.325 e. The summed E-state index contributed by atoms with van der Waals surface area (Å²) < 4.78 is 20.1. The van der Waals surface area contributed by atoms with Crippen molar-refractivity contribution in [2.75, 3.05) is 0 Å². The Balaban J connectivity index is 1.91. The lowest BCUT2D eigenvalue weighted by Crippen LogP contribution is -2.37. The van der Waals surface area contributed by atoms with Crippen molar-refractivity contribution in [3.8, 4) is 5.75 Å². The number of carboxylic acid groups (broad SMARTS) is 1. The van der Waals surface area contributed by atoms with Crippen LogP contribution in [0.25, 0.3) is 0 Å². The molecule has 1 unspecified atom stereocenters. The minimum absolute atomic E-state index is 0.00639. The molecule has 1 atom stereocenters. The Labute approximate surface area is 137 Å². The van der Waals surface area contributed by atoms with Crippen molar-refractivity contribution in [2.24, 2.45) is 0 Å². The van der Waals surface area contributed by atoms with Gasteiger partial charge >= 0.3 is 5.97 Å². The normalized spacial score (nSPS) is 11.8. The highest BCUT2D eigenvalue weighted by molar-refractivity contribution is 5.81. The monoisotopic (exact) mass is 336 g/mol. The number of para-hydroxylation sites is 1. The van der Waals surface area contributed by atoms with Crippen molar-refractivity contribution in [1.82, 2.24) is 20.3 Å². The number of ether oxygens (including phenoxy) is 1. The molecule has 128 valence electrons. The molecule has 0 saturated carbocycles. The summed E-state index contributed by atoms with van der Waals surface area (Å²) in [6.07, 6.45) is 0.926. The van der Waals surface area contributed by atoms with E-state index in [2.05, 4.69) is 15.6 Å². The fraction of sp³-hybridized carbons (Fsp3) is 0.333. The summed E-state index contributed by atoms with van der Waals surface area (Å²) in [5, 5.41) is 18.7. The molecular weight excluding hydrogens is 319 g/mol. The van der Waals surface area contributed by atoms with Crippen molar-refractivity contribution in [1.29, 1.82) is 0 Å². The number of hydrogen-bond acceptors (Lipinski definition) is 5. The summed E-state index contributed by atoms with van der Waals surface area (Å²) in [6, 6.07) is 5.84. The maximum absolute atomic E-state index is 13.6. The van der Waals surface area contributed by atoms with Crippen LogP contribution in [-0.2, 0) is 22.7 Å². The van der Waals surface area contributed by atoms with Crippen LogP contribution in [0.2, 0.25) is 0 Å². The van der Waals surface area contributed by atoms with Crippen LogP contribution in [0.3, 0.4) is 0 Å². The zero-order valence-electron chi connectivity index (χ0n) is 13.0.